The Labute approximate surface area is 95.8 Å². The highest BCUT2D eigenvalue weighted by atomic mass is 16.5. The van der Waals surface area contributed by atoms with Crippen molar-refractivity contribution in [1.29, 1.82) is 0 Å². The molecule has 0 fully saturated rings. The molecular formula is C12H18N2O2. The number of benzene rings is 1. The molecule has 0 aromatic heterocycles. The van der Waals surface area contributed by atoms with Gasteiger partial charge in [-0.3, -0.25) is 4.79 Å². The summed E-state index contributed by atoms with van der Waals surface area (Å²) < 4.78 is 5.31. The van der Waals surface area contributed by atoms with Gasteiger partial charge in [0.05, 0.1) is 11.4 Å². The number of anilines is 2. The molecule has 1 rings (SSSR count). The molecule has 0 saturated heterocycles. The lowest BCUT2D eigenvalue weighted by atomic mass is 10.2. The van der Waals surface area contributed by atoms with Gasteiger partial charge in [-0.15, -0.1) is 0 Å². The fourth-order valence-corrected chi connectivity index (χ4v) is 1.22. The van der Waals surface area contributed by atoms with Crippen molar-refractivity contribution in [3.8, 4) is 0 Å². The molecule has 1 amide bonds. The van der Waals surface area contributed by atoms with Crippen molar-refractivity contribution in [3.63, 3.8) is 0 Å². The Balaban J connectivity index is 2.54. The number of amides is 1. The Morgan fingerprint density at radius 3 is 2.81 bits per heavy atom. The summed E-state index contributed by atoms with van der Waals surface area (Å²) in [4.78, 5) is 11.7. The molecule has 88 valence electrons. The maximum absolute atomic E-state index is 11.7. The Morgan fingerprint density at radius 1 is 1.50 bits per heavy atom. The second-order valence-electron chi connectivity index (χ2n) is 3.59. The third kappa shape index (κ3) is 3.55. The van der Waals surface area contributed by atoms with Crippen LogP contribution in [0.5, 0.6) is 0 Å². The molecule has 0 bridgehead atoms. The van der Waals surface area contributed by atoms with Gasteiger partial charge in [0.1, 0.15) is 6.10 Å². The number of nitrogens with one attached hydrogen (secondary N) is 1. The number of nitrogen functional groups attached to an aromatic ring is 1. The molecule has 0 heterocycles. The van der Waals surface area contributed by atoms with E-state index in [9.17, 15) is 4.79 Å². The van der Waals surface area contributed by atoms with E-state index < -0.39 is 6.10 Å². The second-order valence-corrected chi connectivity index (χ2v) is 3.59. The number of para-hydroxylation sites is 2. The first-order valence-electron chi connectivity index (χ1n) is 5.42. The van der Waals surface area contributed by atoms with Crippen LogP contribution in [0.25, 0.3) is 0 Å². The van der Waals surface area contributed by atoms with E-state index in [0.29, 0.717) is 18.0 Å². The molecule has 0 spiro atoms. The average Bonchev–Trinajstić information content (AvgIpc) is 2.28. The molecule has 1 aromatic rings. The van der Waals surface area contributed by atoms with Crippen molar-refractivity contribution < 1.29 is 9.53 Å². The number of ether oxygens (including phenoxy) is 1. The molecular weight excluding hydrogens is 204 g/mol. The molecule has 4 heteroatoms. The first-order chi connectivity index (χ1) is 7.65. The third-order valence-electron chi connectivity index (χ3n) is 2.16. The zero-order valence-electron chi connectivity index (χ0n) is 9.69. The van der Waals surface area contributed by atoms with E-state index in [2.05, 4.69) is 5.32 Å². The summed E-state index contributed by atoms with van der Waals surface area (Å²) in [5.74, 6) is -0.175. The van der Waals surface area contributed by atoms with E-state index in [1.807, 2.05) is 19.1 Å². The second kappa shape index (κ2) is 6.12. The summed E-state index contributed by atoms with van der Waals surface area (Å²) in [6, 6.07) is 7.15. The van der Waals surface area contributed by atoms with Crippen molar-refractivity contribution >= 4 is 17.3 Å². The van der Waals surface area contributed by atoms with Crippen molar-refractivity contribution in [1.82, 2.24) is 0 Å². The molecule has 1 unspecified atom stereocenters. The van der Waals surface area contributed by atoms with Gasteiger partial charge in [-0.1, -0.05) is 19.1 Å². The average molecular weight is 222 g/mol. The van der Waals surface area contributed by atoms with Crippen LogP contribution in [0.3, 0.4) is 0 Å². The maximum Gasteiger partial charge on any atom is 0.253 e. The minimum Gasteiger partial charge on any atom is -0.397 e. The number of rotatable bonds is 5. The zero-order valence-corrected chi connectivity index (χ0v) is 9.69. The molecule has 0 aliphatic carbocycles. The van der Waals surface area contributed by atoms with Crippen LogP contribution in [0.4, 0.5) is 11.4 Å². The lowest BCUT2D eigenvalue weighted by molar-refractivity contribution is -0.126. The van der Waals surface area contributed by atoms with Crippen LogP contribution in [-0.2, 0) is 9.53 Å². The van der Waals surface area contributed by atoms with Gasteiger partial charge in [-0.25, -0.2) is 0 Å². The molecule has 4 nitrogen and oxygen atoms in total. The lowest BCUT2D eigenvalue weighted by Crippen LogP contribution is -2.28. The molecule has 0 saturated carbocycles. The molecule has 0 radical (unpaired) electrons. The molecule has 1 aromatic carbocycles. The SMILES string of the molecule is CCCOC(C)C(=O)Nc1ccccc1N. The lowest BCUT2D eigenvalue weighted by Gasteiger charge is -2.13. The van der Waals surface area contributed by atoms with Crippen LogP contribution in [0.15, 0.2) is 24.3 Å². The standard InChI is InChI=1S/C12H18N2O2/c1-3-8-16-9(2)12(15)14-11-7-5-4-6-10(11)13/h4-7,9H,3,8,13H2,1-2H3,(H,14,15). The smallest absolute Gasteiger partial charge is 0.253 e. The van der Waals surface area contributed by atoms with Crippen LogP contribution < -0.4 is 11.1 Å². The molecule has 0 aliphatic heterocycles. The molecule has 0 aliphatic rings. The van der Waals surface area contributed by atoms with Gasteiger partial charge in [-0.05, 0) is 25.5 Å². The van der Waals surface area contributed by atoms with E-state index in [1.165, 1.54) is 0 Å². The van der Waals surface area contributed by atoms with Gasteiger partial charge in [0.15, 0.2) is 0 Å². The third-order valence-corrected chi connectivity index (χ3v) is 2.16. The number of carbonyl (C=O) groups excluding carboxylic acids is 1. The van der Waals surface area contributed by atoms with Gasteiger partial charge in [-0.2, -0.15) is 0 Å². The van der Waals surface area contributed by atoms with E-state index >= 15 is 0 Å². The van der Waals surface area contributed by atoms with Gasteiger partial charge >= 0.3 is 0 Å². The maximum atomic E-state index is 11.7. The van der Waals surface area contributed by atoms with Gasteiger partial charge < -0.3 is 15.8 Å². The summed E-state index contributed by atoms with van der Waals surface area (Å²) in [5.41, 5.74) is 6.89. The van der Waals surface area contributed by atoms with Crippen molar-refractivity contribution in [2.45, 2.75) is 26.4 Å². The summed E-state index contributed by atoms with van der Waals surface area (Å²) in [6.45, 7) is 4.31. The summed E-state index contributed by atoms with van der Waals surface area (Å²) in [6.07, 6.45) is 0.435. The summed E-state index contributed by atoms with van der Waals surface area (Å²) in [7, 11) is 0. The Kier molecular flexibility index (Phi) is 4.79. The van der Waals surface area contributed by atoms with Crippen LogP contribution >= 0.6 is 0 Å². The summed E-state index contributed by atoms with van der Waals surface area (Å²) in [5, 5.41) is 2.73. The Hall–Kier alpha value is -1.55. The summed E-state index contributed by atoms with van der Waals surface area (Å²) >= 11 is 0. The predicted octanol–water partition coefficient (Wildman–Crippen LogP) is 2.02. The topological polar surface area (TPSA) is 64.3 Å². The Morgan fingerprint density at radius 2 is 2.19 bits per heavy atom. The fourth-order valence-electron chi connectivity index (χ4n) is 1.22. The minimum atomic E-state index is -0.459. The van der Waals surface area contributed by atoms with Crippen LogP contribution in [0, 0.1) is 0 Å². The number of carbonyl (C=O) groups is 1. The highest BCUT2D eigenvalue weighted by Crippen LogP contribution is 2.17. The first-order valence-corrected chi connectivity index (χ1v) is 5.42. The normalized spacial score (nSPS) is 12.1. The molecule has 1 atom stereocenters. The van der Waals surface area contributed by atoms with Crippen LogP contribution in [-0.4, -0.2) is 18.6 Å². The van der Waals surface area contributed by atoms with Crippen molar-refractivity contribution in [2.24, 2.45) is 0 Å². The number of hydrogen-bond acceptors (Lipinski definition) is 3. The monoisotopic (exact) mass is 222 g/mol. The van der Waals surface area contributed by atoms with E-state index in [4.69, 9.17) is 10.5 Å². The zero-order chi connectivity index (χ0) is 12.0. The van der Waals surface area contributed by atoms with Gasteiger partial charge in [0.2, 0.25) is 0 Å². The number of hydrogen-bond donors (Lipinski definition) is 2. The van der Waals surface area contributed by atoms with E-state index in [1.54, 1.807) is 19.1 Å². The molecule has 16 heavy (non-hydrogen) atoms. The van der Waals surface area contributed by atoms with Crippen molar-refractivity contribution in [2.75, 3.05) is 17.7 Å². The molecule has 3 N–H and O–H groups in total. The van der Waals surface area contributed by atoms with Crippen LogP contribution in [0.2, 0.25) is 0 Å². The minimum absolute atomic E-state index is 0.175. The van der Waals surface area contributed by atoms with E-state index in [0.717, 1.165) is 6.42 Å². The highest BCUT2D eigenvalue weighted by Gasteiger charge is 2.13. The van der Waals surface area contributed by atoms with Crippen LogP contribution in [0.1, 0.15) is 20.3 Å². The quantitative estimate of drug-likeness (QED) is 0.749. The highest BCUT2D eigenvalue weighted by molar-refractivity contribution is 5.96. The van der Waals surface area contributed by atoms with Gasteiger partial charge in [0, 0.05) is 6.61 Å². The first kappa shape index (κ1) is 12.5. The van der Waals surface area contributed by atoms with E-state index in [-0.39, 0.29) is 5.91 Å². The largest absolute Gasteiger partial charge is 0.397 e. The number of nitrogens with two attached hydrogens (primary N) is 1. The van der Waals surface area contributed by atoms with Gasteiger partial charge in [0.25, 0.3) is 5.91 Å². The Bertz CT molecular complexity index is 353. The van der Waals surface area contributed by atoms with Crippen molar-refractivity contribution in [3.05, 3.63) is 24.3 Å². The predicted molar refractivity (Wildman–Crippen MR) is 65.2 cm³/mol. The fraction of sp³-hybridized carbons (Fsp3) is 0.417.